The van der Waals surface area contributed by atoms with Crippen molar-refractivity contribution in [2.24, 2.45) is 0 Å². The lowest BCUT2D eigenvalue weighted by Gasteiger charge is -2.29. The van der Waals surface area contributed by atoms with Gasteiger partial charge >= 0.3 is 0 Å². The fraction of sp³-hybridized carbons (Fsp3) is 0.538. The Morgan fingerprint density at radius 2 is 1.95 bits per heavy atom. The summed E-state index contributed by atoms with van der Waals surface area (Å²) >= 11 is 3.12. The second-order valence-electron chi connectivity index (χ2n) is 4.89. The van der Waals surface area contributed by atoms with Gasteiger partial charge in [-0.2, -0.15) is 4.31 Å². The highest BCUT2D eigenvalue weighted by Crippen LogP contribution is 2.27. The fourth-order valence-electron chi connectivity index (χ4n) is 2.15. The number of nitrogens with zero attached hydrogens (tertiary/aromatic N) is 2. The minimum atomic E-state index is -3.65. The first kappa shape index (κ1) is 17.6. The summed E-state index contributed by atoms with van der Waals surface area (Å²) in [6, 6.07) is 3.44. The van der Waals surface area contributed by atoms with Crippen molar-refractivity contribution < 1.29 is 12.8 Å². The van der Waals surface area contributed by atoms with Gasteiger partial charge in [-0.1, -0.05) is 6.92 Å². The van der Waals surface area contributed by atoms with Gasteiger partial charge in [-0.15, -0.1) is 0 Å². The van der Waals surface area contributed by atoms with E-state index >= 15 is 0 Å². The summed E-state index contributed by atoms with van der Waals surface area (Å²) in [6.07, 6.45) is 0. The molecule has 4 nitrogen and oxygen atoms in total. The molecule has 1 atom stereocenters. The van der Waals surface area contributed by atoms with Gasteiger partial charge < -0.3 is 4.90 Å². The summed E-state index contributed by atoms with van der Waals surface area (Å²) in [5, 5.41) is 0. The van der Waals surface area contributed by atoms with Crippen molar-refractivity contribution in [3.63, 3.8) is 0 Å². The van der Waals surface area contributed by atoms with Gasteiger partial charge in [0.25, 0.3) is 0 Å². The first-order valence-corrected chi connectivity index (χ1v) is 8.55. The van der Waals surface area contributed by atoms with Crippen LogP contribution in [-0.2, 0) is 10.0 Å². The standard InChI is InChI=1S/C13H20BrFN2O2S/c1-5-17(10(2)9-16(3)4)20(18,19)13-7-6-11(15)8-12(13)14/h6-8,10H,5,9H2,1-4H3. The molecule has 20 heavy (non-hydrogen) atoms. The van der Waals surface area contributed by atoms with E-state index in [1.165, 1.54) is 10.4 Å². The van der Waals surface area contributed by atoms with Gasteiger partial charge in [-0.3, -0.25) is 0 Å². The molecule has 1 rings (SSSR count). The van der Waals surface area contributed by atoms with Crippen molar-refractivity contribution in [2.45, 2.75) is 24.8 Å². The SMILES string of the molecule is CCN(C(C)CN(C)C)S(=O)(=O)c1ccc(F)cc1Br. The van der Waals surface area contributed by atoms with Crippen LogP contribution >= 0.6 is 15.9 Å². The molecule has 0 amide bonds. The lowest BCUT2D eigenvalue weighted by Crippen LogP contribution is -2.43. The average Bonchev–Trinajstić information content (AvgIpc) is 2.27. The Kier molecular flexibility index (Phi) is 6.12. The molecule has 0 aliphatic rings. The van der Waals surface area contributed by atoms with E-state index in [9.17, 15) is 12.8 Å². The van der Waals surface area contributed by atoms with Crippen molar-refractivity contribution in [3.05, 3.63) is 28.5 Å². The first-order chi connectivity index (χ1) is 9.20. The summed E-state index contributed by atoms with van der Waals surface area (Å²) in [5.41, 5.74) is 0. The Morgan fingerprint density at radius 3 is 2.40 bits per heavy atom. The fourth-order valence-corrected chi connectivity index (χ4v) is 4.79. The molecule has 0 fully saturated rings. The highest BCUT2D eigenvalue weighted by atomic mass is 79.9. The molecule has 114 valence electrons. The molecule has 0 aliphatic carbocycles. The number of halogens is 2. The van der Waals surface area contributed by atoms with E-state index in [1.807, 2.05) is 25.9 Å². The predicted octanol–water partition coefficient (Wildman–Crippen LogP) is 2.55. The molecule has 0 spiro atoms. The summed E-state index contributed by atoms with van der Waals surface area (Å²) in [6.45, 7) is 4.63. The van der Waals surface area contributed by atoms with Crippen molar-refractivity contribution in [1.82, 2.24) is 9.21 Å². The van der Waals surface area contributed by atoms with Crippen molar-refractivity contribution in [1.29, 1.82) is 0 Å². The Labute approximate surface area is 128 Å². The maximum atomic E-state index is 13.1. The Morgan fingerprint density at radius 1 is 1.35 bits per heavy atom. The second kappa shape index (κ2) is 6.98. The van der Waals surface area contributed by atoms with Crippen LogP contribution in [0.2, 0.25) is 0 Å². The highest BCUT2D eigenvalue weighted by molar-refractivity contribution is 9.10. The van der Waals surface area contributed by atoms with Gasteiger partial charge in [-0.05, 0) is 55.1 Å². The normalized spacial score (nSPS) is 14.0. The molecule has 7 heteroatoms. The van der Waals surface area contributed by atoms with Crippen molar-refractivity contribution >= 4 is 26.0 Å². The average molecular weight is 367 g/mol. The summed E-state index contributed by atoms with van der Waals surface area (Å²) in [4.78, 5) is 2.02. The third kappa shape index (κ3) is 4.00. The third-order valence-corrected chi connectivity index (χ3v) is 5.98. The number of benzene rings is 1. The van der Waals surface area contributed by atoms with Crippen molar-refractivity contribution in [3.8, 4) is 0 Å². The molecule has 0 bridgehead atoms. The molecule has 0 radical (unpaired) electrons. The van der Waals surface area contributed by atoms with Gasteiger partial charge in [0.2, 0.25) is 10.0 Å². The minimum Gasteiger partial charge on any atom is -0.308 e. The predicted molar refractivity (Wildman–Crippen MR) is 81.7 cm³/mol. The van der Waals surface area contributed by atoms with E-state index < -0.39 is 15.8 Å². The minimum absolute atomic E-state index is 0.0892. The zero-order valence-corrected chi connectivity index (χ0v) is 14.5. The number of likely N-dealkylation sites (N-methyl/N-ethyl adjacent to an activating group) is 2. The molecular weight excluding hydrogens is 347 g/mol. The Bertz CT molecular complexity index is 563. The van der Waals surface area contributed by atoms with E-state index in [0.29, 0.717) is 13.1 Å². The lowest BCUT2D eigenvalue weighted by atomic mass is 10.3. The van der Waals surface area contributed by atoms with Gasteiger partial charge in [0, 0.05) is 23.6 Å². The van der Waals surface area contributed by atoms with Crippen LogP contribution in [0.3, 0.4) is 0 Å². The van der Waals surface area contributed by atoms with E-state index in [1.54, 1.807) is 6.92 Å². The topological polar surface area (TPSA) is 40.6 Å². The zero-order valence-electron chi connectivity index (χ0n) is 12.1. The van der Waals surface area contributed by atoms with Crippen LogP contribution in [-0.4, -0.2) is 50.8 Å². The molecule has 0 heterocycles. The summed E-state index contributed by atoms with van der Waals surface area (Å²) in [5.74, 6) is -0.472. The van der Waals surface area contributed by atoms with E-state index in [2.05, 4.69) is 15.9 Å². The van der Waals surface area contributed by atoms with Crippen LogP contribution < -0.4 is 0 Å². The van der Waals surface area contributed by atoms with Gasteiger partial charge in [0.1, 0.15) is 5.82 Å². The van der Waals surface area contributed by atoms with Crippen LogP contribution in [0.15, 0.2) is 27.6 Å². The summed E-state index contributed by atoms with van der Waals surface area (Å²) in [7, 11) is 0.137. The molecule has 1 unspecified atom stereocenters. The monoisotopic (exact) mass is 366 g/mol. The molecule has 0 aromatic heterocycles. The Hall–Kier alpha value is -0.500. The molecule has 0 aliphatic heterocycles. The number of sulfonamides is 1. The van der Waals surface area contributed by atoms with Crippen LogP contribution in [0.5, 0.6) is 0 Å². The lowest BCUT2D eigenvalue weighted by molar-refractivity contribution is 0.271. The summed E-state index contributed by atoms with van der Waals surface area (Å²) < 4.78 is 40.1. The first-order valence-electron chi connectivity index (χ1n) is 6.31. The number of hydrogen-bond acceptors (Lipinski definition) is 3. The maximum absolute atomic E-state index is 13.1. The quantitative estimate of drug-likeness (QED) is 0.776. The number of rotatable bonds is 6. The van der Waals surface area contributed by atoms with Crippen molar-refractivity contribution in [2.75, 3.05) is 27.2 Å². The largest absolute Gasteiger partial charge is 0.308 e. The molecule has 0 N–H and O–H groups in total. The van der Waals surface area contributed by atoms with Crippen LogP contribution in [0, 0.1) is 5.82 Å². The van der Waals surface area contributed by atoms with Crippen LogP contribution in [0.25, 0.3) is 0 Å². The van der Waals surface area contributed by atoms with Gasteiger partial charge in [0.15, 0.2) is 0 Å². The molecule has 0 saturated heterocycles. The molecular formula is C13H20BrFN2O2S. The second-order valence-corrected chi connectivity index (χ2v) is 7.61. The molecule has 0 saturated carbocycles. The van der Waals surface area contributed by atoms with E-state index in [0.717, 1.165) is 12.1 Å². The molecule has 1 aromatic rings. The van der Waals surface area contributed by atoms with Gasteiger partial charge in [-0.25, -0.2) is 12.8 Å². The highest BCUT2D eigenvalue weighted by Gasteiger charge is 2.29. The third-order valence-electron chi connectivity index (χ3n) is 2.91. The molecule has 1 aromatic carbocycles. The maximum Gasteiger partial charge on any atom is 0.244 e. The number of hydrogen-bond donors (Lipinski definition) is 0. The Balaban J connectivity index is 3.18. The van der Waals surface area contributed by atoms with Crippen LogP contribution in [0.1, 0.15) is 13.8 Å². The van der Waals surface area contributed by atoms with Crippen LogP contribution in [0.4, 0.5) is 4.39 Å². The zero-order chi connectivity index (χ0) is 15.5. The smallest absolute Gasteiger partial charge is 0.244 e. The van der Waals surface area contributed by atoms with Gasteiger partial charge in [0.05, 0.1) is 4.90 Å². The van der Waals surface area contributed by atoms with E-state index in [4.69, 9.17) is 0 Å². The van der Waals surface area contributed by atoms with E-state index in [-0.39, 0.29) is 15.4 Å².